The summed E-state index contributed by atoms with van der Waals surface area (Å²) in [4.78, 5) is 21.4. The highest BCUT2D eigenvalue weighted by Crippen LogP contribution is 2.33. The highest BCUT2D eigenvalue weighted by molar-refractivity contribution is 5.95. The highest BCUT2D eigenvalue weighted by atomic mass is 16.7. The number of ether oxygens (including phenoxy) is 2. The Morgan fingerprint density at radius 2 is 1.93 bits per heavy atom. The van der Waals surface area contributed by atoms with Crippen molar-refractivity contribution in [2.45, 2.75) is 18.6 Å². The zero-order chi connectivity index (χ0) is 18.9. The Balaban J connectivity index is 1.17. The van der Waals surface area contributed by atoms with E-state index in [0.717, 1.165) is 19.5 Å². The summed E-state index contributed by atoms with van der Waals surface area (Å²) in [5, 5.41) is 0. The first-order valence-corrected chi connectivity index (χ1v) is 9.62. The van der Waals surface area contributed by atoms with Gasteiger partial charge in [-0.3, -0.25) is 14.7 Å². The molecule has 2 saturated heterocycles. The van der Waals surface area contributed by atoms with Crippen LogP contribution in [0.1, 0.15) is 28.4 Å². The number of nitrogens with one attached hydrogen (secondary N) is 2. The maximum Gasteiger partial charge on any atom is 0.254 e. The number of hydrogen-bond acceptors (Lipinski definition) is 7. The van der Waals surface area contributed by atoms with Crippen molar-refractivity contribution < 1.29 is 14.3 Å². The first-order valence-electron chi connectivity index (χ1n) is 9.62. The van der Waals surface area contributed by atoms with Gasteiger partial charge >= 0.3 is 0 Å². The van der Waals surface area contributed by atoms with E-state index in [2.05, 4.69) is 26.8 Å². The largest absolute Gasteiger partial charge is 0.454 e. The van der Waals surface area contributed by atoms with Crippen LogP contribution in [0.25, 0.3) is 0 Å². The minimum atomic E-state index is 0.0451. The summed E-state index contributed by atoms with van der Waals surface area (Å²) < 4.78 is 10.7. The van der Waals surface area contributed by atoms with Gasteiger partial charge in [0.1, 0.15) is 0 Å². The third-order valence-corrected chi connectivity index (χ3v) is 5.63. The number of benzene rings is 1. The van der Waals surface area contributed by atoms with Gasteiger partial charge in [0.25, 0.3) is 5.91 Å². The summed E-state index contributed by atoms with van der Waals surface area (Å²) in [6.07, 6.45) is 4.93. The summed E-state index contributed by atoms with van der Waals surface area (Å²) >= 11 is 0. The summed E-state index contributed by atoms with van der Waals surface area (Å²) in [5.74, 6) is 1.39. The fraction of sp³-hybridized carbons (Fsp3) is 0.400. The van der Waals surface area contributed by atoms with Crippen LogP contribution in [0.4, 0.5) is 0 Å². The smallest absolute Gasteiger partial charge is 0.254 e. The normalized spacial score (nSPS) is 24.5. The van der Waals surface area contributed by atoms with E-state index in [4.69, 9.17) is 9.47 Å². The molecule has 146 valence electrons. The Kier molecular flexibility index (Phi) is 4.59. The second kappa shape index (κ2) is 7.38. The average Bonchev–Trinajstić information content (AvgIpc) is 3.43. The molecule has 8 heteroatoms. The SMILES string of the molecule is O=C(c1ccc2c(c1)OCO2)N1CCN(C2CC(c3cccnc3)NN2)CC1. The molecule has 8 nitrogen and oxygen atoms in total. The summed E-state index contributed by atoms with van der Waals surface area (Å²) in [6, 6.07) is 9.70. The summed E-state index contributed by atoms with van der Waals surface area (Å²) in [5.41, 5.74) is 8.60. The monoisotopic (exact) mass is 381 g/mol. The average molecular weight is 381 g/mol. The number of amides is 1. The van der Waals surface area contributed by atoms with Crippen molar-refractivity contribution >= 4 is 5.91 Å². The van der Waals surface area contributed by atoms with Crippen LogP contribution in [0.3, 0.4) is 0 Å². The Hall–Kier alpha value is -2.68. The number of hydrogen-bond donors (Lipinski definition) is 2. The van der Waals surface area contributed by atoms with E-state index in [9.17, 15) is 4.79 Å². The third kappa shape index (κ3) is 3.30. The van der Waals surface area contributed by atoms with E-state index in [1.165, 1.54) is 5.56 Å². The lowest BCUT2D eigenvalue weighted by atomic mass is 10.1. The molecule has 0 radical (unpaired) electrons. The van der Waals surface area contributed by atoms with Crippen LogP contribution in [0, 0.1) is 0 Å². The maximum absolute atomic E-state index is 12.8. The molecule has 3 aliphatic rings. The van der Waals surface area contributed by atoms with E-state index in [0.29, 0.717) is 30.2 Å². The molecule has 1 aromatic heterocycles. The van der Waals surface area contributed by atoms with E-state index in [-0.39, 0.29) is 24.9 Å². The zero-order valence-electron chi connectivity index (χ0n) is 15.5. The predicted octanol–water partition coefficient (Wildman–Crippen LogP) is 1.13. The minimum Gasteiger partial charge on any atom is -0.454 e. The van der Waals surface area contributed by atoms with E-state index in [1.54, 1.807) is 18.3 Å². The number of pyridine rings is 1. The fourth-order valence-corrected chi connectivity index (χ4v) is 4.03. The van der Waals surface area contributed by atoms with Gasteiger partial charge in [-0.25, -0.2) is 10.9 Å². The van der Waals surface area contributed by atoms with Gasteiger partial charge in [-0.05, 0) is 36.2 Å². The molecule has 0 bridgehead atoms. The molecule has 1 amide bonds. The van der Waals surface area contributed by atoms with Gasteiger partial charge in [0.15, 0.2) is 11.5 Å². The maximum atomic E-state index is 12.8. The lowest BCUT2D eigenvalue weighted by Gasteiger charge is -2.37. The zero-order valence-corrected chi connectivity index (χ0v) is 15.5. The van der Waals surface area contributed by atoms with Gasteiger partial charge < -0.3 is 14.4 Å². The summed E-state index contributed by atoms with van der Waals surface area (Å²) in [6.45, 7) is 3.32. The number of carbonyl (C=O) groups is 1. The molecule has 2 unspecified atom stereocenters. The molecule has 2 fully saturated rings. The van der Waals surface area contributed by atoms with Gasteiger partial charge in [0.05, 0.1) is 12.2 Å². The number of piperazine rings is 1. The van der Waals surface area contributed by atoms with E-state index in [1.807, 2.05) is 23.2 Å². The molecular formula is C20H23N5O3. The lowest BCUT2D eigenvalue weighted by Crippen LogP contribution is -2.55. The molecule has 1 aromatic carbocycles. The molecule has 0 saturated carbocycles. The minimum absolute atomic E-state index is 0.0451. The van der Waals surface area contributed by atoms with Gasteiger partial charge in [0, 0.05) is 44.1 Å². The number of rotatable bonds is 3. The van der Waals surface area contributed by atoms with Gasteiger partial charge in [-0.1, -0.05) is 6.07 Å². The molecule has 2 atom stereocenters. The van der Waals surface area contributed by atoms with Crippen LogP contribution in [0.5, 0.6) is 11.5 Å². The van der Waals surface area contributed by atoms with E-state index >= 15 is 0 Å². The Morgan fingerprint density at radius 1 is 1.07 bits per heavy atom. The molecule has 4 heterocycles. The van der Waals surface area contributed by atoms with Crippen molar-refractivity contribution in [3.63, 3.8) is 0 Å². The first-order chi connectivity index (χ1) is 13.8. The first kappa shape index (κ1) is 17.4. The van der Waals surface area contributed by atoms with Crippen molar-refractivity contribution in [3.05, 3.63) is 53.9 Å². The molecular weight excluding hydrogens is 358 g/mol. The van der Waals surface area contributed by atoms with Crippen molar-refractivity contribution in [1.82, 2.24) is 25.6 Å². The van der Waals surface area contributed by atoms with Crippen LogP contribution >= 0.6 is 0 Å². The second-order valence-corrected chi connectivity index (χ2v) is 7.28. The van der Waals surface area contributed by atoms with E-state index < -0.39 is 0 Å². The standard InChI is InChI=1S/C20H23N5O3/c26-20(14-3-4-17-18(10-14)28-13-27-17)25-8-6-24(7-9-25)19-11-16(22-23-19)15-2-1-5-21-12-15/h1-5,10,12,16,19,22-23H,6-9,11,13H2. The number of carbonyl (C=O) groups excluding carboxylic acids is 1. The molecule has 0 aliphatic carbocycles. The number of fused-ring (bicyclic) bond motifs is 1. The van der Waals surface area contributed by atoms with Crippen molar-refractivity contribution in [2.75, 3.05) is 33.0 Å². The van der Waals surface area contributed by atoms with Gasteiger partial charge in [-0.15, -0.1) is 0 Å². The van der Waals surface area contributed by atoms with Crippen molar-refractivity contribution in [1.29, 1.82) is 0 Å². The Labute approximate surface area is 163 Å². The van der Waals surface area contributed by atoms with Gasteiger partial charge in [-0.2, -0.15) is 0 Å². The molecule has 0 spiro atoms. The van der Waals surface area contributed by atoms with Crippen LogP contribution in [0.15, 0.2) is 42.7 Å². The van der Waals surface area contributed by atoms with Crippen LogP contribution in [0.2, 0.25) is 0 Å². The topological polar surface area (TPSA) is 79.0 Å². The Morgan fingerprint density at radius 3 is 2.75 bits per heavy atom. The Bertz CT molecular complexity index is 854. The molecule has 2 N–H and O–H groups in total. The van der Waals surface area contributed by atoms with Gasteiger partial charge in [0.2, 0.25) is 6.79 Å². The fourth-order valence-electron chi connectivity index (χ4n) is 4.03. The third-order valence-electron chi connectivity index (χ3n) is 5.63. The van der Waals surface area contributed by atoms with Crippen LogP contribution < -0.4 is 20.3 Å². The van der Waals surface area contributed by atoms with Crippen molar-refractivity contribution in [2.24, 2.45) is 0 Å². The number of hydrazine groups is 1. The number of nitrogens with zero attached hydrogens (tertiary/aromatic N) is 3. The lowest BCUT2D eigenvalue weighted by molar-refractivity contribution is 0.0544. The van der Waals surface area contributed by atoms with Crippen LogP contribution in [-0.2, 0) is 0 Å². The van der Waals surface area contributed by atoms with Crippen molar-refractivity contribution in [3.8, 4) is 11.5 Å². The molecule has 28 heavy (non-hydrogen) atoms. The highest BCUT2D eigenvalue weighted by Gasteiger charge is 2.32. The molecule has 5 rings (SSSR count). The quantitative estimate of drug-likeness (QED) is 0.825. The number of aromatic nitrogens is 1. The molecule has 2 aromatic rings. The summed E-state index contributed by atoms with van der Waals surface area (Å²) in [7, 11) is 0. The van der Waals surface area contributed by atoms with Crippen LogP contribution in [-0.4, -0.2) is 59.8 Å². The predicted molar refractivity (Wildman–Crippen MR) is 102 cm³/mol. The second-order valence-electron chi connectivity index (χ2n) is 7.28. The molecule has 3 aliphatic heterocycles.